The minimum Gasteiger partial charge on any atom is -0.267 e. The minimum absolute atomic E-state index is 0.200. The largest absolute Gasteiger partial charge is 0.278 e. The van der Waals surface area contributed by atoms with E-state index in [-0.39, 0.29) is 11.1 Å². The second-order valence-corrected chi connectivity index (χ2v) is 6.23. The van der Waals surface area contributed by atoms with Crippen LogP contribution in [0.25, 0.3) is 32.9 Å². The summed E-state index contributed by atoms with van der Waals surface area (Å²) in [5.74, 6) is 0. The van der Waals surface area contributed by atoms with Gasteiger partial charge < -0.3 is 0 Å². The van der Waals surface area contributed by atoms with E-state index in [0.717, 1.165) is 10.9 Å². The Bertz CT molecular complexity index is 1410. The second kappa shape index (κ2) is 5.43. The molecule has 0 spiro atoms. The van der Waals surface area contributed by atoms with Gasteiger partial charge in [0.1, 0.15) is 0 Å². The van der Waals surface area contributed by atoms with Crippen molar-refractivity contribution < 1.29 is 0 Å². The summed E-state index contributed by atoms with van der Waals surface area (Å²) in [7, 11) is 0. The van der Waals surface area contributed by atoms with Crippen LogP contribution in [0.1, 0.15) is 0 Å². The van der Waals surface area contributed by atoms with E-state index in [4.69, 9.17) is 0 Å². The lowest BCUT2D eigenvalue weighted by Gasteiger charge is -2.14. The summed E-state index contributed by atoms with van der Waals surface area (Å²) in [5, 5.41) is 1.76. The van der Waals surface area contributed by atoms with Gasteiger partial charge in [0.05, 0.1) is 22.0 Å². The van der Waals surface area contributed by atoms with Crippen molar-refractivity contribution in [3.63, 3.8) is 0 Å². The molecule has 0 aliphatic heterocycles. The van der Waals surface area contributed by atoms with Gasteiger partial charge in [-0.05, 0) is 24.3 Å². The molecule has 0 saturated heterocycles. The molecular formula is C22H14N2O2. The van der Waals surface area contributed by atoms with E-state index in [9.17, 15) is 9.59 Å². The molecule has 0 N–H and O–H groups in total. The summed E-state index contributed by atoms with van der Waals surface area (Å²) in [6.07, 6.45) is 0. The number of hydrogen-bond donors (Lipinski definition) is 0. The maximum absolute atomic E-state index is 13.3. The lowest BCUT2D eigenvalue weighted by Crippen LogP contribution is -2.31. The molecule has 0 saturated carbocycles. The molecule has 0 amide bonds. The van der Waals surface area contributed by atoms with Crippen LogP contribution in [0.4, 0.5) is 0 Å². The van der Waals surface area contributed by atoms with Gasteiger partial charge >= 0.3 is 0 Å². The predicted octanol–water partition coefficient (Wildman–Crippen LogP) is 3.73. The van der Waals surface area contributed by atoms with Crippen molar-refractivity contribution in [2.75, 3.05) is 0 Å². The molecule has 3 aromatic carbocycles. The Morgan fingerprint density at radius 3 is 1.88 bits per heavy atom. The fourth-order valence-corrected chi connectivity index (χ4v) is 3.53. The van der Waals surface area contributed by atoms with Gasteiger partial charge in [-0.1, -0.05) is 60.7 Å². The number of hydrogen-bond acceptors (Lipinski definition) is 2. The Morgan fingerprint density at radius 2 is 1.15 bits per heavy atom. The van der Waals surface area contributed by atoms with Crippen molar-refractivity contribution in [3.8, 4) is 11.3 Å². The molecule has 5 aromatic rings. The first-order chi connectivity index (χ1) is 12.8. The van der Waals surface area contributed by atoms with Crippen LogP contribution in [-0.4, -0.2) is 9.03 Å². The quantitative estimate of drug-likeness (QED) is 0.345. The van der Waals surface area contributed by atoms with Gasteiger partial charge in [0.15, 0.2) is 0 Å². The minimum atomic E-state index is -0.204. The number of aromatic nitrogens is 2. The van der Waals surface area contributed by atoms with Crippen molar-refractivity contribution in [2.24, 2.45) is 0 Å². The van der Waals surface area contributed by atoms with E-state index in [1.165, 1.54) is 9.03 Å². The zero-order valence-electron chi connectivity index (χ0n) is 13.8. The zero-order chi connectivity index (χ0) is 17.7. The molecule has 26 heavy (non-hydrogen) atoms. The van der Waals surface area contributed by atoms with Crippen molar-refractivity contribution in [1.29, 1.82) is 0 Å². The predicted molar refractivity (Wildman–Crippen MR) is 104 cm³/mol. The number of fused-ring (bicyclic) bond motifs is 4. The number of para-hydroxylation sites is 1. The zero-order valence-corrected chi connectivity index (χ0v) is 13.8. The standard InChI is InChI=1S/C22H14N2O2/c25-21-17-11-5-6-12-18(17)22(26)24-20(15-8-2-1-3-9-15)14-16-10-4-7-13-19(16)23(21)24/h1-14H. The molecule has 0 aliphatic carbocycles. The molecule has 2 aromatic heterocycles. The third kappa shape index (κ3) is 1.96. The van der Waals surface area contributed by atoms with E-state index in [0.29, 0.717) is 22.0 Å². The average molecular weight is 338 g/mol. The lowest BCUT2D eigenvalue weighted by atomic mass is 10.1. The highest BCUT2D eigenvalue weighted by atomic mass is 16.2. The number of nitrogens with zero attached hydrogens (tertiary/aromatic N) is 2. The second-order valence-electron chi connectivity index (χ2n) is 6.23. The summed E-state index contributed by atoms with van der Waals surface area (Å²) >= 11 is 0. The van der Waals surface area contributed by atoms with E-state index in [2.05, 4.69) is 0 Å². The molecule has 0 bridgehead atoms. The van der Waals surface area contributed by atoms with Crippen LogP contribution >= 0.6 is 0 Å². The summed E-state index contributed by atoms with van der Waals surface area (Å²) < 4.78 is 2.98. The molecule has 0 atom stereocenters. The summed E-state index contributed by atoms with van der Waals surface area (Å²) in [6, 6.07) is 26.2. The van der Waals surface area contributed by atoms with Crippen molar-refractivity contribution in [2.45, 2.75) is 0 Å². The fraction of sp³-hybridized carbons (Fsp3) is 0. The molecule has 2 heterocycles. The van der Waals surface area contributed by atoms with Gasteiger partial charge in [0, 0.05) is 10.9 Å². The highest BCUT2D eigenvalue weighted by Gasteiger charge is 2.15. The Hall–Kier alpha value is -3.66. The van der Waals surface area contributed by atoms with Crippen LogP contribution in [-0.2, 0) is 0 Å². The SMILES string of the molecule is O=c1c2ccccc2c(=O)n2c3ccccc3cc(-c3ccccc3)n12. The molecule has 0 unspecified atom stereocenters. The first-order valence-corrected chi connectivity index (χ1v) is 8.40. The van der Waals surface area contributed by atoms with Crippen LogP contribution in [0, 0.1) is 0 Å². The summed E-state index contributed by atoms with van der Waals surface area (Å²) in [5.41, 5.74) is 1.88. The van der Waals surface area contributed by atoms with Gasteiger partial charge in [-0.2, -0.15) is 0 Å². The Balaban J connectivity index is 2.16. The van der Waals surface area contributed by atoms with Crippen LogP contribution in [0.3, 0.4) is 0 Å². The van der Waals surface area contributed by atoms with Crippen LogP contribution in [0.5, 0.6) is 0 Å². The maximum atomic E-state index is 13.3. The molecule has 0 radical (unpaired) electrons. The molecule has 4 nitrogen and oxygen atoms in total. The maximum Gasteiger partial charge on any atom is 0.278 e. The highest BCUT2D eigenvalue weighted by Crippen LogP contribution is 2.23. The number of rotatable bonds is 1. The van der Waals surface area contributed by atoms with Gasteiger partial charge in [0.2, 0.25) is 0 Å². The molecule has 0 aliphatic rings. The van der Waals surface area contributed by atoms with Crippen LogP contribution in [0.15, 0.2) is 94.5 Å². The third-order valence-corrected chi connectivity index (χ3v) is 4.73. The van der Waals surface area contributed by atoms with Gasteiger partial charge in [0.25, 0.3) is 11.1 Å². The van der Waals surface area contributed by atoms with E-state index in [1.54, 1.807) is 24.3 Å². The molecule has 0 fully saturated rings. The lowest BCUT2D eigenvalue weighted by molar-refractivity contribution is 0.779. The molecule has 124 valence electrons. The summed E-state index contributed by atoms with van der Waals surface area (Å²) in [4.78, 5) is 26.5. The van der Waals surface area contributed by atoms with Crippen LogP contribution in [0.2, 0.25) is 0 Å². The van der Waals surface area contributed by atoms with Crippen molar-refractivity contribution in [3.05, 3.63) is 106 Å². The first kappa shape index (κ1) is 14.7. The monoisotopic (exact) mass is 338 g/mol. The van der Waals surface area contributed by atoms with Crippen molar-refractivity contribution in [1.82, 2.24) is 9.03 Å². The third-order valence-electron chi connectivity index (χ3n) is 4.73. The highest BCUT2D eigenvalue weighted by molar-refractivity contribution is 5.86. The number of benzene rings is 3. The summed E-state index contributed by atoms with van der Waals surface area (Å²) in [6.45, 7) is 0. The van der Waals surface area contributed by atoms with Crippen molar-refractivity contribution >= 4 is 21.7 Å². The Kier molecular flexibility index (Phi) is 3.06. The van der Waals surface area contributed by atoms with Gasteiger partial charge in [-0.3, -0.25) is 9.59 Å². The molecule has 4 heteroatoms. The molecule has 5 rings (SSSR count). The topological polar surface area (TPSA) is 43.0 Å². The van der Waals surface area contributed by atoms with Gasteiger partial charge in [-0.25, -0.2) is 9.03 Å². The molecular weight excluding hydrogens is 324 g/mol. The van der Waals surface area contributed by atoms with E-state index >= 15 is 0 Å². The Morgan fingerprint density at radius 1 is 0.577 bits per heavy atom. The Labute approximate surface area is 148 Å². The van der Waals surface area contributed by atoms with E-state index < -0.39 is 0 Å². The smallest absolute Gasteiger partial charge is 0.267 e. The average Bonchev–Trinajstić information content (AvgIpc) is 2.71. The van der Waals surface area contributed by atoms with E-state index in [1.807, 2.05) is 60.7 Å². The van der Waals surface area contributed by atoms with Crippen LogP contribution < -0.4 is 11.1 Å². The fourth-order valence-electron chi connectivity index (χ4n) is 3.53. The normalized spacial score (nSPS) is 11.4. The first-order valence-electron chi connectivity index (χ1n) is 8.40. The van der Waals surface area contributed by atoms with Gasteiger partial charge in [-0.15, -0.1) is 0 Å².